The zero-order valence-corrected chi connectivity index (χ0v) is 30.6. The van der Waals surface area contributed by atoms with Crippen LogP contribution < -0.4 is 4.90 Å². The van der Waals surface area contributed by atoms with E-state index in [1.807, 2.05) is 23.5 Å². The fourth-order valence-corrected chi connectivity index (χ4v) is 9.24. The highest BCUT2D eigenvalue weighted by atomic mass is 32.1. The molecule has 3 heteroatoms. The van der Waals surface area contributed by atoms with Crippen LogP contribution in [-0.2, 0) is 0 Å². The molecule has 2 heterocycles. The highest BCUT2D eigenvalue weighted by molar-refractivity contribution is 7.25. The Hall–Kier alpha value is -6.94. The van der Waals surface area contributed by atoms with E-state index in [0.29, 0.717) is 0 Å². The molecule has 0 aliphatic carbocycles. The van der Waals surface area contributed by atoms with Crippen molar-refractivity contribution in [3.05, 3.63) is 200 Å². The first-order valence-corrected chi connectivity index (χ1v) is 19.5. The third-order valence-electron chi connectivity index (χ3n) is 10.8. The third kappa shape index (κ3) is 5.48. The molecule has 11 rings (SSSR count). The SMILES string of the molecule is c1cc(-c2ccc3ccccc3c2)cc(N(c2cccc(-c3ccc4sc5ccccc5c4c3)c2)c2ccccc2-c2ccc3oc4ccccc4c3c2)c1. The predicted molar refractivity (Wildman–Crippen MR) is 235 cm³/mol. The molecule has 2 aromatic heterocycles. The Kier molecular flexibility index (Phi) is 7.39. The van der Waals surface area contributed by atoms with Gasteiger partial charge >= 0.3 is 0 Å². The summed E-state index contributed by atoms with van der Waals surface area (Å²) in [6.07, 6.45) is 0. The summed E-state index contributed by atoms with van der Waals surface area (Å²) in [7, 11) is 0. The molecular weight excluding hydrogens is 687 g/mol. The van der Waals surface area contributed by atoms with Gasteiger partial charge in [-0.05, 0) is 111 Å². The molecular formula is C52H33NOS. The summed E-state index contributed by atoms with van der Waals surface area (Å²) in [6.45, 7) is 0. The minimum Gasteiger partial charge on any atom is -0.456 e. The lowest BCUT2D eigenvalue weighted by Crippen LogP contribution is -2.11. The molecule has 0 amide bonds. The molecule has 0 atom stereocenters. The first-order chi connectivity index (χ1) is 27.2. The molecule has 0 N–H and O–H groups in total. The van der Waals surface area contributed by atoms with Gasteiger partial charge in [0.1, 0.15) is 11.2 Å². The average Bonchev–Trinajstić information content (AvgIpc) is 3.82. The zero-order valence-electron chi connectivity index (χ0n) is 29.8. The maximum atomic E-state index is 6.23. The van der Waals surface area contributed by atoms with Crippen LogP contribution in [0.4, 0.5) is 17.1 Å². The molecule has 0 fully saturated rings. The third-order valence-corrected chi connectivity index (χ3v) is 12.0. The van der Waals surface area contributed by atoms with Gasteiger partial charge in [0.05, 0.1) is 5.69 Å². The highest BCUT2D eigenvalue weighted by Gasteiger charge is 2.20. The van der Waals surface area contributed by atoms with Crippen LogP contribution in [0.5, 0.6) is 0 Å². The normalized spacial score (nSPS) is 11.6. The molecule has 0 saturated heterocycles. The Bertz CT molecular complexity index is 3240. The van der Waals surface area contributed by atoms with Gasteiger partial charge in [-0.1, -0.05) is 127 Å². The summed E-state index contributed by atoms with van der Waals surface area (Å²) in [5.41, 5.74) is 12.1. The van der Waals surface area contributed by atoms with Crippen molar-refractivity contribution in [2.45, 2.75) is 0 Å². The molecule has 0 saturated carbocycles. The van der Waals surface area contributed by atoms with E-state index < -0.39 is 0 Å². The quantitative estimate of drug-likeness (QED) is 0.170. The van der Waals surface area contributed by atoms with E-state index in [-0.39, 0.29) is 0 Å². The van der Waals surface area contributed by atoms with Gasteiger partial charge in [0, 0.05) is 47.9 Å². The second-order valence-corrected chi connectivity index (χ2v) is 15.2. The monoisotopic (exact) mass is 719 g/mol. The van der Waals surface area contributed by atoms with Crippen LogP contribution in [-0.4, -0.2) is 0 Å². The number of furan rings is 1. The molecule has 11 aromatic rings. The van der Waals surface area contributed by atoms with Crippen molar-refractivity contribution in [3.8, 4) is 33.4 Å². The number of fused-ring (bicyclic) bond motifs is 7. The van der Waals surface area contributed by atoms with Gasteiger partial charge in [-0.25, -0.2) is 0 Å². The molecule has 258 valence electrons. The summed E-state index contributed by atoms with van der Waals surface area (Å²) in [5, 5.41) is 7.33. The maximum absolute atomic E-state index is 6.23. The second-order valence-electron chi connectivity index (χ2n) is 14.1. The van der Waals surface area contributed by atoms with Gasteiger partial charge in [0.15, 0.2) is 0 Å². The molecule has 55 heavy (non-hydrogen) atoms. The van der Waals surface area contributed by atoms with E-state index in [4.69, 9.17) is 4.42 Å². The Morgan fingerprint density at radius 2 is 0.945 bits per heavy atom. The smallest absolute Gasteiger partial charge is 0.135 e. The number of hydrogen-bond acceptors (Lipinski definition) is 3. The standard InChI is InChI=1S/C52H33NOS/c1-2-12-35-29-38(24-23-34(35)11-1)36-13-9-15-41(30-36)53(42-16-10-14-37(31-42)39-26-28-52-47(32-39)45-19-5-8-22-51(45)55-52)48-20-6-3-17-43(48)40-25-27-50-46(33-40)44-18-4-7-21-49(44)54-50/h1-33H. The van der Waals surface area contributed by atoms with Crippen molar-refractivity contribution < 1.29 is 4.42 Å². The van der Waals surface area contributed by atoms with E-state index in [1.165, 1.54) is 53.2 Å². The van der Waals surface area contributed by atoms with Gasteiger partial charge < -0.3 is 9.32 Å². The van der Waals surface area contributed by atoms with Crippen LogP contribution in [0.1, 0.15) is 0 Å². The van der Waals surface area contributed by atoms with Crippen LogP contribution in [0.3, 0.4) is 0 Å². The van der Waals surface area contributed by atoms with E-state index in [0.717, 1.165) is 50.1 Å². The molecule has 0 aliphatic rings. The van der Waals surface area contributed by atoms with Crippen molar-refractivity contribution >= 4 is 81.3 Å². The van der Waals surface area contributed by atoms with Crippen LogP contribution in [0.25, 0.3) is 86.3 Å². The topological polar surface area (TPSA) is 16.4 Å². The van der Waals surface area contributed by atoms with Gasteiger partial charge in [0.2, 0.25) is 0 Å². The van der Waals surface area contributed by atoms with Gasteiger partial charge in [0.25, 0.3) is 0 Å². The Morgan fingerprint density at radius 1 is 0.345 bits per heavy atom. The number of benzene rings is 9. The maximum Gasteiger partial charge on any atom is 0.135 e. The van der Waals surface area contributed by atoms with E-state index >= 15 is 0 Å². The van der Waals surface area contributed by atoms with E-state index in [1.54, 1.807) is 0 Å². The van der Waals surface area contributed by atoms with Crippen LogP contribution in [0.2, 0.25) is 0 Å². The second kappa shape index (κ2) is 12.9. The lowest BCUT2D eigenvalue weighted by Gasteiger charge is -2.29. The van der Waals surface area contributed by atoms with Crippen molar-refractivity contribution in [2.75, 3.05) is 4.90 Å². The summed E-state index contributed by atoms with van der Waals surface area (Å²) < 4.78 is 8.86. The van der Waals surface area contributed by atoms with Crippen LogP contribution in [0.15, 0.2) is 205 Å². The van der Waals surface area contributed by atoms with E-state index in [2.05, 4.69) is 193 Å². The van der Waals surface area contributed by atoms with Crippen molar-refractivity contribution in [1.82, 2.24) is 0 Å². The molecule has 0 spiro atoms. The van der Waals surface area contributed by atoms with Crippen molar-refractivity contribution in [2.24, 2.45) is 0 Å². The molecule has 0 aliphatic heterocycles. The fraction of sp³-hybridized carbons (Fsp3) is 0. The number of rotatable bonds is 6. The first kappa shape index (κ1) is 31.6. The molecule has 0 unspecified atom stereocenters. The van der Waals surface area contributed by atoms with Crippen molar-refractivity contribution in [1.29, 1.82) is 0 Å². The summed E-state index contributed by atoms with van der Waals surface area (Å²) in [5.74, 6) is 0. The predicted octanol–water partition coefficient (Wildman–Crippen LogP) is 15.6. The van der Waals surface area contributed by atoms with Crippen LogP contribution >= 0.6 is 11.3 Å². The average molecular weight is 720 g/mol. The lowest BCUT2D eigenvalue weighted by atomic mass is 9.97. The van der Waals surface area contributed by atoms with Gasteiger partial charge in [-0.3, -0.25) is 0 Å². The summed E-state index contributed by atoms with van der Waals surface area (Å²) in [6, 6.07) is 72.5. The van der Waals surface area contributed by atoms with Crippen LogP contribution in [0, 0.1) is 0 Å². The number of hydrogen-bond donors (Lipinski definition) is 0. The zero-order chi connectivity index (χ0) is 36.3. The Labute approximate surface area is 322 Å². The highest BCUT2D eigenvalue weighted by Crippen LogP contribution is 2.44. The first-order valence-electron chi connectivity index (χ1n) is 18.7. The minimum atomic E-state index is 0.894. The lowest BCUT2D eigenvalue weighted by molar-refractivity contribution is 0.669. The van der Waals surface area contributed by atoms with E-state index in [9.17, 15) is 0 Å². The minimum absolute atomic E-state index is 0.894. The Balaban J connectivity index is 1.10. The molecule has 9 aromatic carbocycles. The summed E-state index contributed by atoms with van der Waals surface area (Å²) in [4.78, 5) is 2.42. The fourth-order valence-electron chi connectivity index (χ4n) is 8.16. The molecule has 2 nitrogen and oxygen atoms in total. The number of para-hydroxylation sites is 2. The number of nitrogens with zero attached hydrogens (tertiary/aromatic N) is 1. The summed E-state index contributed by atoms with van der Waals surface area (Å²) >= 11 is 1.86. The largest absolute Gasteiger partial charge is 0.456 e. The molecule has 0 radical (unpaired) electrons. The number of thiophene rings is 1. The molecule has 0 bridgehead atoms. The van der Waals surface area contributed by atoms with Gasteiger partial charge in [-0.2, -0.15) is 0 Å². The number of anilines is 3. The van der Waals surface area contributed by atoms with Crippen molar-refractivity contribution in [3.63, 3.8) is 0 Å². The van der Waals surface area contributed by atoms with Gasteiger partial charge in [-0.15, -0.1) is 11.3 Å². The Morgan fingerprint density at radius 3 is 1.80 bits per heavy atom.